The number of hydrogen-bond donors (Lipinski definition) is 3. The summed E-state index contributed by atoms with van der Waals surface area (Å²) >= 11 is 0. The second-order valence-corrected chi connectivity index (χ2v) is 8.88. The third kappa shape index (κ3) is 6.96. The minimum atomic E-state index is -3.35. The zero-order valence-electron chi connectivity index (χ0n) is 16.1. The number of nitrogens with one attached hydrogen (secondary N) is 3. The van der Waals surface area contributed by atoms with Gasteiger partial charge in [-0.25, -0.2) is 18.1 Å². The molecule has 0 unspecified atom stereocenters. The molecule has 1 fully saturated rings. The highest BCUT2D eigenvalue weighted by atomic mass is 32.2. The first-order valence-corrected chi connectivity index (χ1v) is 11.2. The predicted molar refractivity (Wildman–Crippen MR) is 108 cm³/mol. The van der Waals surface area contributed by atoms with Crippen molar-refractivity contribution in [2.45, 2.75) is 70.8 Å². The number of benzene rings is 1. The number of guanidine groups is 1. The van der Waals surface area contributed by atoms with Gasteiger partial charge in [0.25, 0.3) is 0 Å². The Morgan fingerprint density at radius 2 is 1.85 bits per heavy atom. The first-order chi connectivity index (χ1) is 12.4. The highest BCUT2D eigenvalue weighted by molar-refractivity contribution is 7.88. The Morgan fingerprint density at radius 1 is 1.19 bits per heavy atom. The fourth-order valence-electron chi connectivity index (χ4n) is 3.21. The fraction of sp³-hybridized carbons (Fsp3) is 0.632. The van der Waals surface area contributed by atoms with E-state index in [0.29, 0.717) is 12.6 Å². The summed E-state index contributed by atoms with van der Waals surface area (Å²) in [7, 11) is -3.35. The van der Waals surface area contributed by atoms with Gasteiger partial charge in [-0.2, -0.15) is 0 Å². The van der Waals surface area contributed by atoms with Gasteiger partial charge >= 0.3 is 0 Å². The summed E-state index contributed by atoms with van der Waals surface area (Å²) in [6.45, 7) is 6.95. The molecule has 7 heteroatoms. The lowest BCUT2D eigenvalue weighted by molar-refractivity contribution is 0.569. The Labute approximate surface area is 157 Å². The van der Waals surface area contributed by atoms with Gasteiger partial charge < -0.3 is 10.6 Å². The molecule has 146 valence electrons. The lowest BCUT2D eigenvalue weighted by atomic mass is 10.1. The van der Waals surface area contributed by atoms with Crippen LogP contribution in [0.4, 0.5) is 0 Å². The highest BCUT2D eigenvalue weighted by Gasteiger charge is 2.17. The maximum atomic E-state index is 12.3. The van der Waals surface area contributed by atoms with Crippen molar-refractivity contribution >= 4 is 16.0 Å². The van der Waals surface area contributed by atoms with Crippen molar-refractivity contribution in [1.82, 2.24) is 15.4 Å². The van der Waals surface area contributed by atoms with E-state index < -0.39 is 10.0 Å². The quantitative estimate of drug-likeness (QED) is 0.478. The molecule has 1 saturated carbocycles. The summed E-state index contributed by atoms with van der Waals surface area (Å²) in [6, 6.07) is 7.98. The SMILES string of the molecule is CCNC(=NCc1ccccc1CS(=O)(=O)NC(C)C)NC1CCCC1. The van der Waals surface area contributed by atoms with Crippen molar-refractivity contribution in [2.24, 2.45) is 4.99 Å². The monoisotopic (exact) mass is 380 g/mol. The van der Waals surface area contributed by atoms with Crippen LogP contribution in [0.3, 0.4) is 0 Å². The average Bonchev–Trinajstić information content (AvgIpc) is 3.05. The van der Waals surface area contributed by atoms with E-state index in [1.165, 1.54) is 25.7 Å². The Bertz CT molecular complexity index is 695. The molecule has 1 aromatic carbocycles. The molecule has 0 amide bonds. The van der Waals surface area contributed by atoms with Crippen LogP contribution in [0.1, 0.15) is 57.6 Å². The summed E-state index contributed by atoms with van der Waals surface area (Å²) < 4.78 is 27.2. The van der Waals surface area contributed by atoms with Crippen LogP contribution in [0.15, 0.2) is 29.3 Å². The summed E-state index contributed by atoms with van der Waals surface area (Å²) in [4.78, 5) is 4.68. The van der Waals surface area contributed by atoms with Crippen LogP contribution in [0, 0.1) is 0 Å². The number of aliphatic imine (C=N–C) groups is 1. The zero-order valence-corrected chi connectivity index (χ0v) is 16.9. The molecule has 2 rings (SSSR count). The van der Waals surface area contributed by atoms with Gasteiger partial charge in [-0.1, -0.05) is 37.1 Å². The zero-order chi connectivity index (χ0) is 19.0. The van der Waals surface area contributed by atoms with Gasteiger partial charge in [-0.05, 0) is 44.7 Å². The van der Waals surface area contributed by atoms with E-state index in [1.807, 2.05) is 45.0 Å². The van der Waals surface area contributed by atoms with E-state index in [9.17, 15) is 8.42 Å². The van der Waals surface area contributed by atoms with Crippen molar-refractivity contribution in [3.63, 3.8) is 0 Å². The lowest BCUT2D eigenvalue weighted by Crippen LogP contribution is -2.42. The molecule has 0 heterocycles. The fourth-order valence-corrected chi connectivity index (χ4v) is 4.70. The maximum absolute atomic E-state index is 12.3. The molecule has 0 radical (unpaired) electrons. The molecule has 0 atom stereocenters. The number of sulfonamides is 1. The van der Waals surface area contributed by atoms with Gasteiger partial charge in [0.05, 0.1) is 12.3 Å². The second kappa shape index (κ2) is 9.92. The van der Waals surface area contributed by atoms with Crippen molar-refractivity contribution in [3.05, 3.63) is 35.4 Å². The average molecular weight is 381 g/mol. The van der Waals surface area contributed by atoms with Gasteiger partial charge in [0.2, 0.25) is 10.0 Å². The van der Waals surface area contributed by atoms with Crippen LogP contribution < -0.4 is 15.4 Å². The normalized spacial score (nSPS) is 16.2. The number of rotatable bonds is 8. The summed E-state index contributed by atoms with van der Waals surface area (Å²) in [5, 5.41) is 6.77. The predicted octanol–water partition coefficient (Wildman–Crippen LogP) is 2.51. The Hall–Kier alpha value is -1.60. The number of hydrogen-bond acceptors (Lipinski definition) is 3. The van der Waals surface area contributed by atoms with Gasteiger partial charge in [0, 0.05) is 18.6 Å². The van der Waals surface area contributed by atoms with Gasteiger partial charge in [-0.3, -0.25) is 0 Å². The summed E-state index contributed by atoms with van der Waals surface area (Å²) in [6.07, 6.45) is 4.89. The Balaban J connectivity index is 2.09. The molecule has 0 aromatic heterocycles. The van der Waals surface area contributed by atoms with E-state index >= 15 is 0 Å². The molecule has 0 aliphatic heterocycles. The van der Waals surface area contributed by atoms with E-state index in [4.69, 9.17) is 0 Å². The summed E-state index contributed by atoms with van der Waals surface area (Å²) in [5.74, 6) is 0.779. The standard InChI is InChI=1S/C19H32N4O2S/c1-4-20-19(22-18-11-7-8-12-18)21-13-16-9-5-6-10-17(16)14-26(24,25)23-15(2)3/h5-6,9-10,15,18,23H,4,7-8,11-14H2,1-3H3,(H2,20,21,22). The molecule has 6 nitrogen and oxygen atoms in total. The van der Waals surface area contributed by atoms with Crippen molar-refractivity contribution in [3.8, 4) is 0 Å². The largest absolute Gasteiger partial charge is 0.357 e. The molecule has 26 heavy (non-hydrogen) atoms. The van der Waals surface area contributed by atoms with E-state index in [2.05, 4.69) is 20.3 Å². The molecule has 1 aliphatic rings. The van der Waals surface area contributed by atoms with Gasteiger partial charge in [0.1, 0.15) is 0 Å². The van der Waals surface area contributed by atoms with Crippen LogP contribution >= 0.6 is 0 Å². The summed E-state index contributed by atoms with van der Waals surface area (Å²) in [5.41, 5.74) is 1.73. The highest BCUT2D eigenvalue weighted by Crippen LogP contribution is 2.18. The third-order valence-electron chi connectivity index (χ3n) is 4.33. The number of nitrogens with zero attached hydrogens (tertiary/aromatic N) is 1. The molecule has 3 N–H and O–H groups in total. The van der Waals surface area contributed by atoms with Crippen molar-refractivity contribution in [2.75, 3.05) is 6.54 Å². The molecular weight excluding hydrogens is 348 g/mol. The van der Waals surface area contributed by atoms with Crippen LogP contribution in [0.5, 0.6) is 0 Å². The molecule has 1 aromatic rings. The smallest absolute Gasteiger partial charge is 0.216 e. The molecule has 1 aliphatic carbocycles. The Kier molecular flexibility index (Phi) is 7.90. The first kappa shape index (κ1) is 20.7. The molecule has 0 spiro atoms. The molecule has 0 saturated heterocycles. The van der Waals surface area contributed by atoms with Crippen LogP contribution in [-0.2, 0) is 22.3 Å². The van der Waals surface area contributed by atoms with Crippen molar-refractivity contribution in [1.29, 1.82) is 0 Å². The van der Waals surface area contributed by atoms with Crippen LogP contribution in [0.25, 0.3) is 0 Å². The second-order valence-electron chi connectivity index (χ2n) is 7.12. The minimum absolute atomic E-state index is 0.0243. The molecule has 0 bridgehead atoms. The van der Waals surface area contributed by atoms with Crippen molar-refractivity contribution < 1.29 is 8.42 Å². The van der Waals surface area contributed by atoms with E-state index in [1.54, 1.807) is 0 Å². The van der Waals surface area contributed by atoms with Gasteiger partial charge in [0.15, 0.2) is 5.96 Å². The first-order valence-electron chi connectivity index (χ1n) is 9.51. The Morgan fingerprint density at radius 3 is 2.46 bits per heavy atom. The van der Waals surface area contributed by atoms with Crippen LogP contribution in [0.2, 0.25) is 0 Å². The van der Waals surface area contributed by atoms with Crippen LogP contribution in [-0.4, -0.2) is 33.0 Å². The van der Waals surface area contributed by atoms with E-state index in [0.717, 1.165) is 23.6 Å². The lowest BCUT2D eigenvalue weighted by Gasteiger charge is -2.17. The minimum Gasteiger partial charge on any atom is -0.357 e. The molecular formula is C19H32N4O2S. The topological polar surface area (TPSA) is 82.6 Å². The third-order valence-corrected chi connectivity index (χ3v) is 5.85. The van der Waals surface area contributed by atoms with E-state index in [-0.39, 0.29) is 11.8 Å². The maximum Gasteiger partial charge on any atom is 0.216 e. The van der Waals surface area contributed by atoms with Gasteiger partial charge in [-0.15, -0.1) is 0 Å².